The number of halogens is 2. The molecule has 0 radical (unpaired) electrons. The number of aryl methyl sites for hydroxylation is 1. The molecule has 1 saturated heterocycles. The van der Waals surface area contributed by atoms with E-state index in [2.05, 4.69) is 20.8 Å². The summed E-state index contributed by atoms with van der Waals surface area (Å²) in [4.78, 5) is 2.38. The van der Waals surface area contributed by atoms with Crippen LogP contribution in [0.4, 0.5) is 4.39 Å². The van der Waals surface area contributed by atoms with Crippen LogP contribution < -0.4 is 0 Å². The number of rotatable bonds is 2. The Bertz CT molecular complexity index is 359. The van der Waals surface area contributed by atoms with Crippen molar-refractivity contribution < 1.29 is 4.39 Å². The van der Waals surface area contributed by atoms with Crippen LogP contribution in [0.1, 0.15) is 24.0 Å². The lowest BCUT2D eigenvalue weighted by molar-refractivity contribution is 0.330. The molecule has 82 valence electrons. The van der Waals surface area contributed by atoms with Crippen LogP contribution in [0, 0.1) is 12.7 Å². The van der Waals surface area contributed by atoms with E-state index in [1.165, 1.54) is 12.8 Å². The van der Waals surface area contributed by atoms with Crippen LogP contribution >= 0.6 is 15.9 Å². The molecule has 1 aliphatic rings. The standard InChI is InChI=1S/C12H15BrFN/c1-9-6-11(13)12(14)7-10(9)8-15-4-2-3-5-15/h6-7H,2-5,8H2,1H3. The second-order valence-electron chi connectivity index (χ2n) is 4.18. The Morgan fingerprint density at radius 1 is 1.33 bits per heavy atom. The fraction of sp³-hybridized carbons (Fsp3) is 0.500. The summed E-state index contributed by atoms with van der Waals surface area (Å²) in [5, 5.41) is 0. The van der Waals surface area contributed by atoms with Crippen molar-refractivity contribution in [1.82, 2.24) is 4.90 Å². The Hall–Kier alpha value is -0.410. The monoisotopic (exact) mass is 271 g/mol. The fourth-order valence-electron chi connectivity index (χ4n) is 2.04. The molecule has 1 fully saturated rings. The van der Waals surface area contributed by atoms with Crippen LogP contribution in [-0.2, 0) is 6.54 Å². The maximum absolute atomic E-state index is 13.4. The highest BCUT2D eigenvalue weighted by Crippen LogP contribution is 2.22. The molecule has 1 nitrogen and oxygen atoms in total. The molecule has 15 heavy (non-hydrogen) atoms. The van der Waals surface area contributed by atoms with Crippen molar-refractivity contribution in [3.8, 4) is 0 Å². The highest BCUT2D eigenvalue weighted by Gasteiger charge is 2.14. The average Bonchev–Trinajstić information content (AvgIpc) is 2.67. The smallest absolute Gasteiger partial charge is 0.137 e. The number of nitrogens with zero attached hydrogens (tertiary/aromatic N) is 1. The van der Waals surface area contributed by atoms with Crippen molar-refractivity contribution in [1.29, 1.82) is 0 Å². The first-order valence-electron chi connectivity index (χ1n) is 5.33. The van der Waals surface area contributed by atoms with Crippen LogP contribution in [0.15, 0.2) is 16.6 Å². The summed E-state index contributed by atoms with van der Waals surface area (Å²) < 4.78 is 13.9. The Kier molecular flexibility index (Phi) is 3.42. The van der Waals surface area contributed by atoms with Gasteiger partial charge in [0, 0.05) is 6.54 Å². The molecule has 1 aromatic carbocycles. The van der Waals surface area contributed by atoms with Gasteiger partial charge in [0.05, 0.1) is 4.47 Å². The van der Waals surface area contributed by atoms with E-state index in [1.807, 2.05) is 13.0 Å². The van der Waals surface area contributed by atoms with Crippen molar-refractivity contribution in [2.75, 3.05) is 13.1 Å². The molecule has 1 heterocycles. The molecule has 1 aliphatic heterocycles. The fourth-order valence-corrected chi connectivity index (χ4v) is 2.50. The zero-order chi connectivity index (χ0) is 10.8. The van der Waals surface area contributed by atoms with E-state index < -0.39 is 0 Å². The SMILES string of the molecule is Cc1cc(Br)c(F)cc1CN1CCCC1. The van der Waals surface area contributed by atoms with Gasteiger partial charge in [-0.3, -0.25) is 4.90 Å². The predicted molar refractivity (Wildman–Crippen MR) is 63.3 cm³/mol. The molecular weight excluding hydrogens is 257 g/mol. The summed E-state index contributed by atoms with van der Waals surface area (Å²) in [6, 6.07) is 3.51. The van der Waals surface area contributed by atoms with Gasteiger partial charge in [-0.15, -0.1) is 0 Å². The quantitative estimate of drug-likeness (QED) is 0.796. The summed E-state index contributed by atoms with van der Waals surface area (Å²) >= 11 is 3.20. The molecule has 0 N–H and O–H groups in total. The van der Waals surface area contributed by atoms with Gasteiger partial charge in [-0.2, -0.15) is 0 Å². The molecule has 0 atom stereocenters. The van der Waals surface area contributed by atoms with Crippen LogP contribution in [-0.4, -0.2) is 18.0 Å². The number of likely N-dealkylation sites (tertiary alicyclic amines) is 1. The van der Waals surface area contributed by atoms with E-state index in [1.54, 1.807) is 6.07 Å². The Labute approximate surface area is 98.4 Å². The normalized spacial score (nSPS) is 17.3. The van der Waals surface area contributed by atoms with Gasteiger partial charge in [0.15, 0.2) is 0 Å². The molecule has 0 saturated carbocycles. The molecular formula is C12H15BrFN. The molecule has 0 unspecified atom stereocenters. The molecule has 0 amide bonds. The summed E-state index contributed by atoms with van der Waals surface area (Å²) in [6.45, 7) is 5.22. The minimum atomic E-state index is -0.158. The largest absolute Gasteiger partial charge is 0.299 e. The maximum atomic E-state index is 13.4. The summed E-state index contributed by atoms with van der Waals surface area (Å²) in [6.07, 6.45) is 2.55. The summed E-state index contributed by atoms with van der Waals surface area (Å²) in [5.41, 5.74) is 2.27. The number of benzene rings is 1. The molecule has 0 aliphatic carbocycles. The first-order valence-corrected chi connectivity index (χ1v) is 6.13. The predicted octanol–water partition coefficient (Wildman–Crippen LogP) is 3.49. The average molecular weight is 272 g/mol. The van der Waals surface area contributed by atoms with E-state index in [0.717, 1.165) is 30.8 Å². The van der Waals surface area contributed by atoms with E-state index in [-0.39, 0.29) is 5.82 Å². The summed E-state index contributed by atoms with van der Waals surface area (Å²) in [7, 11) is 0. The third-order valence-corrected chi connectivity index (χ3v) is 3.58. The number of hydrogen-bond acceptors (Lipinski definition) is 1. The lowest BCUT2D eigenvalue weighted by Crippen LogP contribution is -2.19. The van der Waals surface area contributed by atoms with Crippen molar-refractivity contribution in [3.05, 3.63) is 33.5 Å². The highest BCUT2D eigenvalue weighted by molar-refractivity contribution is 9.10. The third-order valence-electron chi connectivity index (χ3n) is 2.97. The summed E-state index contributed by atoms with van der Waals surface area (Å²) in [5.74, 6) is -0.158. The zero-order valence-corrected chi connectivity index (χ0v) is 10.5. The molecule has 0 bridgehead atoms. The van der Waals surface area contributed by atoms with E-state index in [0.29, 0.717) is 4.47 Å². The second-order valence-corrected chi connectivity index (χ2v) is 5.03. The minimum Gasteiger partial charge on any atom is -0.299 e. The van der Waals surface area contributed by atoms with Gasteiger partial charge in [-0.1, -0.05) is 0 Å². The number of hydrogen-bond donors (Lipinski definition) is 0. The van der Waals surface area contributed by atoms with Gasteiger partial charge in [0.25, 0.3) is 0 Å². The van der Waals surface area contributed by atoms with Crippen LogP contribution in [0.25, 0.3) is 0 Å². The van der Waals surface area contributed by atoms with Gasteiger partial charge >= 0.3 is 0 Å². The molecule has 0 spiro atoms. The maximum Gasteiger partial charge on any atom is 0.137 e. The topological polar surface area (TPSA) is 3.24 Å². The van der Waals surface area contributed by atoms with Gasteiger partial charge in [-0.05, 0) is 72.0 Å². The van der Waals surface area contributed by atoms with Gasteiger partial charge in [0.1, 0.15) is 5.82 Å². The second kappa shape index (κ2) is 4.62. The highest BCUT2D eigenvalue weighted by atomic mass is 79.9. The van der Waals surface area contributed by atoms with Gasteiger partial charge < -0.3 is 0 Å². The van der Waals surface area contributed by atoms with Crippen molar-refractivity contribution in [3.63, 3.8) is 0 Å². The van der Waals surface area contributed by atoms with Crippen molar-refractivity contribution in [2.45, 2.75) is 26.3 Å². The Morgan fingerprint density at radius 2 is 2.00 bits per heavy atom. The first kappa shape index (κ1) is 11.1. The Balaban J connectivity index is 2.16. The van der Waals surface area contributed by atoms with Crippen molar-refractivity contribution >= 4 is 15.9 Å². The van der Waals surface area contributed by atoms with Crippen molar-refractivity contribution in [2.24, 2.45) is 0 Å². The Morgan fingerprint density at radius 3 is 2.67 bits per heavy atom. The van der Waals surface area contributed by atoms with E-state index in [9.17, 15) is 4.39 Å². The molecule has 2 rings (SSSR count). The molecule has 3 heteroatoms. The lowest BCUT2D eigenvalue weighted by Gasteiger charge is -2.16. The molecule has 0 aromatic heterocycles. The minimum absolute atomic E-state index is 0.158. The van der Waals surface area contributed by atoms with Gasteiger partial charge in [-0.25, -0.2) is 4.39 Å². The van der Waals surface area contributed by atoms with Gasteiger partial charge in [0.2, 0.25) is 0 Å². The first-order chi connectivity index (χ1) is 7.16. The van der Waals surface area contributed by atoms with Crippen LogP contribution in [0.2, 0.25) is 0 Å². The lowest BCUT2D eigenvalue weighted by atomic mass is 10.1. The van der Waals surface area contributed by atoms with E-state index >= 15 is 0 Å². The zero-order valence-electron chi connectivity index (χ0n) is 8.89. The van der Waals surface area contributed by atoms with E-state index in [4.69, 9.17) is 0 Å². The van der Waals surface area contributed by atoms with Crippen LogP contribution in [0.3, 0.4) is 0 Å². The third kappa shape index (κ3) is 2.58. The molecule has 1 aromatic rings. The van der Waals surface area contributed by atoms with Crippen LogP contribution in [0.5, 0.6) is 0 Å².